The van der Waals surface area contributed by atoms with Crippen molar-refractivity contribution in [2.24, 2.45) is 0 Å². The largest absolute Gasteiger partial charge is 0.497 e. The van der Waals surface area contributed by atoms with E-state index < -0.39 is 11.6 Å². The van der Waals surface area contributed by atoms with Crippen molar-refractivity contribution in [2.75, 3.05) is 12.4 Å². The maximum Gasteiger partial charge on any atom is 0.345 e. The van der Waals surface area contributed by atoms with E-state index in [0.29, 0.717) is 28.4 Å². The van der Waals surface area contributed by atoms with Crippen LogP contribution in [0, 0.1) is 0 Å². The molecule has 0 aliphatic carbocycles. The number of carbonyl (C=O) groups excluding carboxylic acids is 1. The summed E-state index contributed by atoms with van der Waals surface area (Å²) in [7, 11) is 1.56. The van der Waals surface area contributed by atoms with Crippen LogP contribution < -0.4 is 15.7 Å². The molecule has 0 unspecified atom stereocenters. The molecule has 0 spiro atoms. The maximum atomic E-state index is 13.4. The van der Waals surface area contributed by atoms with Crippen LogP contribution in [-0.2, 0) is 0 Å². The van der Waals surface area contributed by atoms with E-state index in [-0.39, 0.29) is 5.56 Å². The monoisotopic (exact) mass is 423 g/mol. The van der Waals surface area contributed by atoms with Gasteiger partial charge in [0.15, 0.2) is 0 Å². The van der Waals surface area contributed by atoms with Gasteiger partial charge in [-0.15, -0.1) is 0 Å². The molecule has 1 aromatic heterocycles. The van der Waals surface area contributed by atoms with Crippen LogP contribution in [0.25, 0.3) is 23.4 Å². The molecule has 4 rings (SSSR count). The smallest absolute Gasteiger partial charge is 0.345 e. The van der Waals surface area contributed by atoms with Crippen molar-refractivity contribution >= 4 is 23.7 Å². The molecule has 0 bridgehead atoms. The van der Waals surface area contributed by atoms with Crippen molar-refractivity contribution in [3.05, 3.63) is 112 Å². The number of aromatic nitrogens is 2. The first-order valence-electron chi connectivity index (χ1n) is 10.0. The lowest BCUT2D eigenvalue weighted by Gasteiger charge is -2.13. The topological polar surface area (TPSA) is 84.1 Å². The maximum absolute atomic E-state index is 13.4. The minimum absolute atomic E-state index is 0.269. The van der Waals surface area contributed by atoms with Gasteiger partial charge in [0.2, 0.25) is 0 Å². The number of ether oxygens (including phenoxy) is 1. The van der Waals surface area contributed by atoms with E-state index in [0.717, 1.165) is 5.56 Å². The molecule has 0 atom stereocenters. The average Bonchev–Trinajstić information content (AvgIpc) is 2.83. The zero-order valence-electron chi connectivity index (χ0n) is 17.4. The van der Waals surface area contributed by atoms with Crippen LogP contribution in [0.1, 0.15) is 21.6 Å². The van der Waals surface area contributed by atoms with E-state index >= 15 is 0 Å². The quantitative estimate of drug-likeness (QED) is 0.463. The third kappa shape index (κ3) is 4.82. The molecule has 0 aliphatic rings. The number of nitrogens with one attached hydrogen (secondary N) is 2. The molecule has 4 aromatic rings. The molecular weight excluding hydrogens is 402 g/mol. The number of H-pyrrole nitrogens is 1. The van der Waals surface area contributed by atoms with Crippen molar-refractivity contribution in [1.29, 1.82) is 0 Å². The Balaban J connectivity index is 1.82. The van der Waals surface area contributed by atoms with Crippen LogP contribution in [0.4, 0.5) is 5.69 Å². The van der Waals surface area contributed by atoms with Gasteiger partial charge in [0.05, 0.1) is 24.1 Å². The lowest BCUT2D eigenvalue weighted by Crippen LogP contribution is -2.22. The highest BCUT2D eigenvalue weighted by Crippen LogP contribution is 2.25. The molecule has 0 aliphatic heterocycles. The molecule has 1 amide bonds. The fraction of sp³-hybridized carbons (Fsp3) is 0.0385. The molecule has 0 radical (unpaired) electrons. The Morgan fingerprint density at radius 2 is 1.66 bits per heavy atom. The van der Waals surface area contributed by atoms with E-state index in [1.165, 1.54) is 0 Å². The summed E-state index contributed by atoms with van der Waals surface area (Å²) in [4.78, 5) is 32.6. The molecule has 158 valence electrons. The van der Waals surface area contributed by atoms with Crippen LogP contribution in [0.5, 0.6) is 5.75 Å². The summed E-state index contributed by atoms with van der Waals surface area (Å²) in [5.41, 5.74) is 2.59. The molecule has 6 nitrogen and oxygen atoms in total. The molecule has 0 saturated carbocycles. The number of nitrogens with zero attached hydrogens (tertiary/aromatic N) is 1. The number of aromatic amines is 1. The number of amides is 1. The summed E-state index contributed by atoms with van der Waals surface area (Å²) in [6.45, 7) is 0. The number of methoxy groups -OCH3 is 1. The average molecular weight is 423 g/mol. The van der Waals surface area contributed by atoms with Crippen LogP contribution in [0.15, 0.2) is 89.7 Å². The van der Waals surface area contributed by atoms with Gasteiger partial charge in [-0.05, 0) is 23.8 Å². The van der Waals surface area contributed by atoms with Gasteiger partial charge in [0.1, 0.15) is 5.75 Å². The molecule has 6 heteroatoms. The number of rotatable bonds is 6. The zero-order chi connectivity index (χ0) is 22.3. The van der Waals surface area contributed by atoms with Crippen molar-refractivity contribution in [1.82, 2.24) is 9.97 Å². The Kier molecular flexibility index (Phi) is 6.22. The highest BCUT2D eigenvalue weighted by Gasteiger charge is 2.20. The number of hydrogen-bond donors (Lipinski definition) is 2. The van der Waals surface area contributed by atoms with Gasteiger partial charge in [-0.25, -0.2) is 4.79 Å². The highest BCUT2D eigenvalue weighted by atomic mass is 16.5. The SMILES string of the molecule is COc1cccc(NC(=O)c2c(-c3ccccc3)nc(=O)[nH]c2/C=C/c2ccccc2)c1. The number of carbonyl (C=O) groups is 1. The minimum atomic E-state index is -0.533. The van der Waals surface area contributed by atoms with E-state index in [9.17, 15) is 9.59 Å². The summed E-state index contributed by atoms with van der Waals surface area (Å²) in [5, 5.41) is 2.89. The van der Waals surface area contributed by atoms with Gasteiger partial charge in [-0.2, -0.15) is 4.98 Å². The first-order chi connectivity index (χ1) is 15.6. The summed E-state index contributed by atoms with van der Waals surface area (Å²) in [5.74, 6) is 0.225. The Bertz CT molecular complexity index is 1310. The first-order valence-corrected chi connectivity index (χ1v) is 10.0. The normalized spacial score (nSPS) is 10.8. The fourth-order valence-corrected chi connectivity index (χ4v) is 3.29. The van der Waals surface area contributed by atoms with Gasteiger partial charge in [0, 0.05) is 17.3 Å². The van der Waals surface area contributed by atoms with E-state index in [1.807, 2.05) is 66.7 Å². The minimum Gasteiger partial charge on any atom is -0.497 e. The second-order valence-corrected chi connectivity index (χ2v) is 6.98. The summed E-state index contributed by atoms with van der Waals surface area (Å²) in [6, 6.07) is 25.9. The standard InChI is InChI=1S/C26H21N3O3/c1-32-21-14-8-13-20(17-21)27-25(30)23-22(16-15-18-9-4-2-5-10-18)28-26(31)29-24(23)19-11-6-3-7-12-19/h2-17H,1H3,(H,27,30)(H,28,29,31)/b16-15+. The highest BCUT2D eigenvalue weighted by molar-refractivity contribution is 6.10. The second kappa shape index (κ2) is 9.57. The van der Waals surface area contributed by atoms with Crippen molar-refractivity contribution in [2.45, 2.75) is 0 Å². The Morgan fingerprint density at radius 3 is 2.38 bits per heavy atom. The van der Waals surface area contributed by atoms with Crippen LogP contribution >= 0.6 is 0 Å². The van der Waals surface area contributed by atoms with Crippen molar-refractivity contribution in [3.8, 4) is 17.0 Å². The second-order valence-electron chi connectivity index (χ2n) is 6.98. The zero-order valence-corrected chi connectivity index (χ0v) is 17.4. The van der Waals surface area contributed by atoms with E-state index in [4.69, 9.17) is 4.74 Å². The number of hydrogen-bond acceptors (Lipinski definition) is 4. The van der Waals surface area contributed by atoms with Crippen LogP contribution in [0.2, 0.25) is 0 Å². The Hall–Kier alpha value is -4.45. The van der Waals surface area contributed by atoms with Crippen molar-refractivity contribution < 1.29 is 9.53 Å². The summed E-state index contributed by atoms with van der Waals surface area (Å²) in [6.07, 6.45) is 3.55. The predicted octanol–water partition coefficient (Wildman–Crippen LogP) is 4.87. The summed E-state index contributed by atoms with van der Waals surface area (Å²) >= 11 is 0. The van der Waals surface area contributed by atoms with Crippen LogP contribution in [0.3, 0.4) is 0 Å². The van der Waals surface area contributed by atoms with Crippen molar-refractivity contribution in [3.63, 3.8) is 0 Å². The Morgan fingerprint density at radius 1 is 0.938 bits per heavy atom. The molecule has 1 heterocycles. The molecule has 0 fully saturated rings. The first kappa shape index (κ1) is 20.8. The molecule has 2 N–H and O–H groups in total. The van der Waals surface area contributed by atoms with Gasteiger partial charge in [0.25, 0.3) is 5.91 Å². The molecular formula is C26H21N3O3. The summed E-state index contributed by atoms with van der Waals surface area (Å²) < 4.78 is 5.24. The molecule has 3 aromatic carbocycles. The molecule has 32 heavy (non-hydrogen) atoms. The number of benzene rings is 3. The third-order valence-electron chi connectivity index (χ3n) is 4.81. The van der Waals surface area contributed by atoms with Crippen LogP contribution in [-0.4, -0.2) is 23.0 Å². The molecule has 0 saturated heterocycles. The van der Waals surface area contributed by atoms with Gasteiger partial charge >= 0.3 is 5.69 Å². The predicted molar refractivity (Wildman–Crippen MR) is 127 cm³/mol. The Labute approximate surface area is 185 Å². The van der Waals surface area contributed by atoms with Gasteiger partial charge in [-0.3, -0.25) is 4.79 Å². The third-order valence-corrected chi connectivity index (χ3v) is 4.81. The van der Waals surface area contributed by atoms with Gasteiger partial charge in [-0.1, -0.05) is 72.8 Å². The fourth-order valence-electron chi connectivity index (χ4n) is 3.29. The van der Waals surface area contributed by atoms with Gasteiger partial charge < -0.3 is 15.0 Å². The number of anilines is 1. The van der Waals surface area contributed by atoms with E-state index in [1.54, 1.807) is 37.5 Å². The lowest BCUT2D eigenvalue weighted by molar-refractivity contribution is 0.102. The van der Waals surface area contributed by atoms with E-state index in [2.05, 4.69) is 15.3 Å². The lowest BCUT2D eigenvalue weighted by atomic mass is 10.0.